The van der Waals surface area contributed by atoms with Gasteiger partial charge in [0.1, 0.15) is 5.69 Å². The third kappa shape index (κ3) is 3.85. The molecule has 0 aliphatic carbocycles. The third-order valence-electron chi connectivity index (χ3n) is 5.63. The summed E-state index contributed by atoms with van der Waals surface area (Å²) in [6.45, 7) is 5.71. The molecule has 2 fully saturated rings. The van der Waals surface area contributed by atoms with Gasteiger partial charge in [-0.05, 0) is 37.1 Å². The number of carbonyl (C=O) groups is 2. The SMILES string of the molecule is CC(=O)N1CCN(C(=O)C2CCN(c3ccc(-c4ccco4)nn3)CC2)CC1. The van der Waals surface area contributed by atoms with Gasteiger partial charge in [0.2, 0.25) is 11.8 Å². The third-order valence-corrected chi connectivity index (χ3v) is 5.63. The highest BCUT2D eigenvalue weighted by atomic mass is 16.3. The van der Waals surface area contributed by atoms with Gasteiger partial charge in [-0.25, -0.2) is 0 Å². The fourth-order valence-corrected chi connectivity index (χ4v) is 3.91. The highest BCUT2D eigenvalue weighted by Gasteiger charge is 2.31. The first-order chi connectivity index (χ1) is 13.6. The normalized spacial score (nSPS) is 18.4. The van der Waals surface area contributed by atoms with Crippen molar-refractivity contribution in [3.63, 3.8) is 0 Å². The summed E-state index contributed by atoms with van der Waals surface area (Å²) in [4.78, 5) is 30.1. The van der Waals surface area contributed by atoms with Crippen LogP contribution in [-0.2, 0) is 9.59 Å². The first-order valence-corrected chi connectivity index (χ1v) is 9.78. The molecular formula is C20H25N5O3. The van der Waals surface area contributed by atoms with Crippen LogP contribution in [0.4, 0.5) is 5.82 Å². The first kappa shape index (κ1) is 18.5. The summed E-state index contributed by atoms with van der Waals surface area (Å²) >= 11 is 0. The highest BCUT2D eigenvalue weighted by molar-refractivity contribution is 5.80. The van der Waals surface area contributed by atoms with Crippen LogP contribution in [0.25, 0.3) is 11.5 Å². The molecule has 0 bridgehead atoms. The second kappa shape index (κ2) is 8.00. The van der Waals surface area contributed by atoms with Crippen molar-refractivity contribution in [3.8, 4) is 11.5 Å². The molecule has 2 aliphatic heterocycles. The fraction of sp³-hybridized carbons (Fsp3) is 0.500. The lowest BCUT2D eigenvalue weighted by Gasteiger charge is -2.38. The lowest BCUT2D eigenvalue weighted by molar-refractivity contribution is -0.141. The number of nitrogens with zero attached hydrogens (tertiary/aromatic N) is 5. The lowest BCUT2D eigenvalue weighted by Crippen LogP contribution is -2.52. The number of aromatic nitrogens is 2. The van der Waals surface area contributed by atoms with Crippen LogP contribution in [0.2, 0.25) is 0 Å². The molecule has 28 heavy (non-hydrogen) atoms. The largest absolute Gasteiger partial charge is 0.463 e. The van der Waals surface area contributed by atoms with E-state index in [0.717, 1.165) is 31.7 Å². The van der Waals surface area contributed by atoms with Crippen LogP contribution in [0.15, 0.2) is 34.9 Å². The second-order valence-electron chi connectivity index (χ2n) is 7.35. The van der Waals surface area contributed by atoms with Crippen LogP contribution in [0.5, 0.6) is 0 Å². The molecule has 4 heterocycles. The van der Waals surface area contributed by atoms with Crippen LogP contribution < -0.4 is 4.90 Å². The highest BCUT2D eigenvalue weighted by Crippen LogP contribution is 2.25. The van der Waals surface area contributed by atoms with Crippen LogP contribution in [0, 0.1) is 5.92 Å². The van der Waals surface area contributed by atoms with Crippen molar-refractivity contribution in [1.82, 2.24) is 20.0 Å². The van der Waals surface area contributed by atoms with Crippen molar-refractivity contribution < 1.29 is 14.0 Å². The zero-order valence-electron chi connectivity index (χ0n) is 16.1. The van der Waals surface area contributed by atoms with Crippen LogP contribution in [0.3, 0.4) is 0 Å². The second-order valence-corrected chi connectivity index (χ2v) is 7.35. The number of rotatable bonds is 3. The molecule has 2 amide bonds. The maximum atomic E-state index is 12.8. The van der Waals surface area contributed by atoms with Gasteiger partial charge in [0.15, 0.2) is 11.6 Å². The quantitative estimate of drug-likeness (QED) is 0.801. The van der Waals surface area contributed by atoms with Gasteiger partial charge in [-0.3, -0.25) is 9.59 Å². The van der Waals surface area contributed by atoms with E-state index in [1.54, 1.807) is 18.1 Å². The Morgan fingerprint density at radius 2 is 1.68 bits per heavy atom. The standard InChI is InChI=1S/C20H25N5O3/c1-15(26)23-10-12-25(13-11-23)20(27)16-6-8-24(9-7-16)19-5-4-17(21-22-19)18-3-2-14-28-18/h2-5,14,16H,6-13H2,1H3. The number of hydrogen-bond acceptors (Lipinski definition) is 6. The number of anilines is 1. The minimum atomic E-state index is 0.0514. The van der Waals surface area contributed by atoms with E-state index < -0.39 is 0 Å². The molecule has 2 saturated heterocycles. The molecule has 0 spiro atoms. The van der Waals surface area contributed by atoms with Gasteiger partial charge in [-0.2, -0.15) is 0 Å². The van der Waals surface area contributed by atoms with Gasteiger partial charge in [0.25, 0.3) is 0 Å². The van der Waals surface area contributed by atoms with Gasteiger partial charge in [-0.15, -0.1) is 10.2 Å². The molecular weight excluding hydrogens is 358 g/mol. The zero-order valence-corrected chi connectivity index (χ0v) is 16.1. The summed E-state index contributed by atoms with van der Waals surface area (Å²) in [5.41, 5.74) is 0.712. The van der Waals surface area contributed by atoms with E-state index >= 15 is 0 Å². The number of furan rings is 1. The van der Waals surface area contributed by atoms with E-state index in [9.17, 15) is 9.59 Å². The Kier molecular flexibility index (Phi) is 5.27. The first-order valence-electron chi connectivity index (χ1n) is 9.78. The summed E-state index contributed by atoms with van der Waals surface area (Å²) in [6.07, 6.45) is 3.24. The molecule has 8 heteroatoms. The number of piperidine rings is 1. The van der Waals surface area contributed by atoms with Crippen LogP contribution in [0.1, 0.15) is 19.8 Å². The predicted molar refractivity (Wildman–Crippen MR) is 104 cm³/mol. The number of piperazine rings is 1. The monoisotopic (exact) mass is 383 g/mol. The topological polar surface area (TPSA) is 82.8 Å². The number of hydrogen-bond donors (Lipinski definition) is 0. The Balaban J connectivity index is 1.30. The Morgan fingerprint density at radius 1 is 0.964 bits per heavy atom. The molecule has 2 aliphatic rings. The van der Waals surface area contributed by atoms with Gasteiger partial charge in [0, 0.05) is 52.1 Å². The van der Waals surface area contributed by atoms with E-state index in [0.29, 0.717) is 37.6 Å². The summed E-state index contributed by atoms with van der Waals surface area (Å²) in [7, 11) is 0. The molecule has 0 N–H and O–H groups in total. The molecule has 0 aromatic carbocycles. The molecule has 8 nitrogen and oxygen atoms in total. The Bertz CT molecular complexity index is 805. The van der Waals surface area contributed by atoms with Crippen molar-refractivity contribution in [3.05, 3.63) is 30.5 Å². The van der Waals surface area contributed by atoms with Crippen molar-refractivity contribution in [2.45, 2.75) is 19.8 Å². The van der Waals surface area contributed by atoms with Gasteiger partial charge < -0.3 is 19.1 Å². The molecule has 4 rings (SSSR count). The van der Waals surface area contributed by atoms with E-state index in [1.165, 1.54) is 0 Å². The summed E-state index contributed by atoms with van der Waals surface area (Å²) < 4.78 is 5.34. The summed E-state index contributed by atoms with van der Waals surface area (Å²) in [6, 6.07) is 7.55. The Morgan fingerprint density at radius 3 is 2.25 bits per heavy atom. The van der Waals surface area contributed by atoms with E-state index in [1.807, 2.05) is 29.2 Å². The maximum Gasteiger partial charge on any atom is 0.225 e. The molecule has 2 aromatic heterocycles. The molecule has 0 radical (unpaired) electrons. The van der Waals surface area contributed by atoms with Crippen molar-refractivity contribution in [2.75, 3.05) is 44.2 Å². The minimum Gasteiger partial charge on any atom is -0.463 e. The molecule has 0 unspecified atom stereocenters. The van der Waals surface area contributed by atoms with Gasteiger partial charge in [0.05, 0.1) is 6.26 Å². The zero-order chi connectivity index (χ0) is 19.5. The maximum absolute atomic E-state index is 12.8. The Labute approximate surface area is 164 Å². The van der Waals surface area contributed by atoms with Crippen LogP contribution >= 0.6 is 0 Å². The smallest absolute Gasteiger partial charge is 0.225 e. The van der Waals surface area contributed by atoms with E-state index in [4.69, 9.17) is 4.42 Å². The molecule has 2 aromatic rings. The molecule has 148 valence electrons. The fourth-order valence-electron chi connectivity index (χ4n) is 3.91. The minimum absolute atomic E-state index is 0.0514. The number of amides is 2. The van der Waals surface area contributed by atoms with E-state index in [2.05, 4.69) is 15.1 Å². The molecule has 0 atom stereocenters. The molecule has 0 saturated carbocycles. The summed E-state index contributed by atoms with van der Waals surface area (Å²) in [5, 5.41) is 8.58. The predicted octanol–water partition coefficient (Wildman–Crippen LogP) is 1.64. The van der Waals surface area contributed by atoms with Crippen LogP contribution in [-0.4, -0.2) is 71.1 Å². The van der Waals surface area contributed by atoms with Crippen molar-refractivity contribution in [1.29, 1.82) is 0 Å². The number of carbonyl (C=O) groups excluding carboxylic acids is 2. The van der Waals surface area contributed by atoms with Gasteiger partial charge >= 0.3 is 0 Å². The van der Waals surface area contributed by atoms with E-state index in [-0.39, 0.29) is 17.7 Å². The lowest BCUT2D eigenvalue weighted by atomic mass is 9.95. The Hall–Kier alpha value is -2.90. The average molecular weight is 383 g/mol. The van der Waals surface area contributed by atoms with Gasteiger partial charge in [-0.1, -0.05) is 0 Å². The average Bonchev–Trinajstić information content (AvgIpc) is 3.28. The summed E-state index contributed by atoms with van der Waals surface area (Å²) in [5.74, 6) is 1.89. The van der Waals surface area contributed by atoms with Crippen molar-refractivity contribution >= 4 is 17.6 Å². The van der Waals surface area contributed by atoms with Crippen molar-refractivity contribution in [2.24, 2.45) is 5.92 Å².